The summed E-state index contributed by atoms with van der Waals surface area (Å²) >= 11 is 2.99. The lowest BCUT2D eigenvalue weighted by Gasteiger charge is -2.11. The van der Waals surface area contributed by atoms with Crippen molar-refractivity contribution in [1.29, 1.82) is 0 Å². The van der Waals surface area contributed by atoms with Gasteiger partial charge in [-0.3, -0.25) is 0 Å². The molecule has 1 atom stereocenters. The van der Waals surface area contributed by atoms with Gasteiger partial charge in [-0.1, -0.05) is 0 Å². The van der Waals surface area contributed by atoms with Crippen molar-refractivity contribution in [3.8, 4) is 0 Å². The highest BCUT2D eigenvalue weighted by atomic mass is 79.9. The molecule has 0 saturated carbocycles. The van der Waals surface area contributed by atoms with Gasteiger partial charge >= 0.3 is 11.9 Å². The molecule has 0 radical (unpaired) electrons. The van der Waals surface area contributed by atoms with Crippen molar-refractivity contribution in [3.05, 3.63) is 28.2 Å². The van der Waals surface area contributed by atoms with E-state index >= 15 is 0 Å². The number of carbonyl (C=O) groups is 2. The number of esters is 1. The summed E-state index contributed by atoms with van der Waals surface area (Å²) < 4.78 is 30.4. The summed E-state index contributed by atoms with van der Waals surface area (Å²) in [7, 11) is -3.02. The van der Waals surface area contributed by atoms with E-state index in [0.717, 1.165) is 13.2 Å². The Morgan fingerprint density at radius 2 is 2.05 bits per heavy atom. The number of carboxylic acids is 1. The zero-order valence-corrected chi connectivity index (χ0v) is 13.1. The van der Waals surface area contributed by atoms with Crippen molar-refractivity contribution in [3.63, 3.8) is 0 Å². The van der Waals surface area contributed by atoms with Crippen LogP contribution in [-0.2, 0) is 19.6 Å². The summed E-state index contributed by atoms with van der Waals surface area (Å²) in [5.41, 5.74) is -0.230. The summed E-state index contributed by atoms with van der Waals surface area (Å²) in [6, 6.07) is 3.41. The van der Waals surface area contributed by atoms with Crippen LogP contribution in [0.4, 0.5) is 0 Å². The number of sulfonamides is 1. The summed E-state index contributed by atoms with van der Waals surface area (Å²) in [6.45, 7) is -0.590. The summed E-state index contributed by atoms with van der Waals surface area (Å²) in [4.78, 5) is 21.6. The van der Waals surface area contributed by atoms with Crippen LogP contribution in [-0.4, -0.2) is 50.3 Å². The van der Waals surface area contributed by atoms with Crippen molar-refractivity contribution in [2.45, 2.75) is 11.0 Å². The van der Waals surface area contributed by atoms with Gasteiger partial charge in [0.15, 0.2) is 6.10 Å². The molecule has 8 nitrogen and oxygen atoms in total. The van der Waals surface area contributed by atoms with Crippen LogP contribution in [0.3, 0.4) is 0 Å². The molecule has 0 aliphatic rings. The third-order valence-electron chi connectivity index (χ3n) is 2.42. The number of carbonyl (C=O) groups excluding carboxylic acids is 1. The molecular weight excluding hydrogens is 370 g/mol. The minimum Gasteiger partial charge on any atom is -0.478 e. The number of nitrogens with one attached hydrogen (secondary N) is 1. The van der Waals surface area contributed by atoms with Crippen molar-refractivity contribution in [1.82, 2.24) is 4.72 Å². The van der Waals surface area contributed by atoms with E-state index in [0.29, 0.717) is 0 Å². The molecule has 116 valence electrons. The van der Waals surface area contributed by atoms with Gasteiger partial charge in [0.2, 0.25) is 10.0 Å². The van der Waals surface area contributed by atoms with E-state index in [4.69, 9.17) is 5.11 Å². The van der Waals surface area contributed by atoms with Crippen LogP contribution in [0.25, 0.3) is 0 Å². The average molecular weight is 382 g/mol. The van der Waals surface area contributed by atoms with E-state index in [1.807, 2.05) is 4.72 Å². The van der Waals surface area contributed by atoms with Gasteiger partial charge in [0.05, 0.1) is 17.6 Å². The van der Waals surface area contributed by atoms with Crippen LogP contribution in [0.2, 0.25) is 0 Å². The van der Waals surface area contributed by atoms with Crippen LogP contribution >= 0.6 is 15.9 Å². The minimum atomic E-state index is -4.07. The van der Waals surface area contributed by atoms with E-state index in [9.17, 15) is 23.1 Å². The number of benzene rings is 1. The predicted octanol–water partition coefficient (Wildman–Crippen LogP) is -0.0405. The van der Waals surface area contributed by atoms with Gasteiger partial charge < -0.3 is 14.9 Å². The number of methoxy groups -OCH3 is 1. The molecule has 0 bridgehead atoms. The SMILES string of the molecule is COC(=O)C(O)CNS(=O)(=O)c1ccc(Br)c(C(=O)O)c1. The van der Waals surface area contributed by atoms with Gasteiger partial charge in [-0.15, -0.1) is 0 Å². The maximum absolute atomic E-state index is 12.0. The molecule has 1 aromatic rings. The van der Waals surface area contributed by atoms with Crippen molar-refractivity contribution >= 4 is 37.9 Å². The molecule has 1 unspecified atom stereocenters. The highest BCUT2D eigenvalue weighted by Crippen LogP contribution is 2.21. The topological polar surface area (TPSA) is 130 Å². The second-order valence-electron chi connectivity index (χ2n) is 3.84. The fraction of sp³-hybridized carbons (Fsp3) is 0.273. The molecule has 10 heteroatoms. The zero-order chi connectivity index (χ0) is 16.2. The fourth-order valence-electron chi connectivity index (χ4n) is 1.33. The molecule has 0 heterocycles. The van der Waals surface area contributed by atoms with Gasteiger partial charge in [-0.2, -0.15) is 0 Å². The predicted molar refractivity (Wildman–Crippen MR) is 74.3 cm³/mol. The Balaban J connectivity index is 2.96. The van der Waals surface area contributed by atoms with Crippen molar-refractivity contribution in [2.75, 3.05) is 13.7 Å². The summed E-state index contributed by atoms with van der Waals surface area (Å²) in [6.07, 6.45) is -1.65. The molecule has 1 aromatic carbocycles. The number of aliphatic hydroxyl groups excluding tert-OH is 1. The normalized spacial score (nSPS) is 12.7. The zero-order valence-electron chi connectivity index (χ0n) is 10.7. The molecule has 0 saturated heterocycles. The molecule has 0 aromatic heterocycles. The second kappa shape index (κ2) is 6.98. The number of rotatable bonds is 6. The highest BCUT2D eigenvalue weighted by Gasteiger charge is 2.22. The lowest BCUT2D eigenvalue weighted by molar-refractivity contribution is -0.149. The maximum atomic E-state index is 12.0. The molecule has 3 N–H and O–H groups in total. The molecule has 0 aliphatic carbocycles. The lowest BCUT2D eigenvalue weighted by Crippen LogP contribution is -2.37. The standard InChI is InChI=1S/C11H12BrNO7S/c1-20-11(17)9(14)5-13-21(18,19)6-2-3-8(12)7(4-6)10(15)16/h2-4,9,13-14H,5H2,1H3,(H,15,16). The first-order valence-electron chi connectivity index (χ1n) is 5.47. The Morgan fingerprint density at radius 3 is 2.57 bits per heavy atom. The summed E-state index contributed by atoms with van der Waals surface area (Å²) in [5, 5.41) is 18.2. The fourth-order valence-corrected chi connectivity index (χ4v) is 2.81. The minimum absolute atomic E-state index is 0.226. The van der Waals surface area contributed by atoms with Crippen LogP contribution < -0.4 is 4.72 Å². The van der Waals surface area contributed by atoms with Gasteiger partial charge in [0.1, 0.15) is 0 Å². The Bertz CT molecular complexity index is 659. The van der Waals surface area contributed by atoms with E-state index in [1.165, 1.54) is 12.1 Å². The molecule has 1 rings (SSSR count). The van der Waals surface area contributed by atoms with Gasteiger partial charge in [-0.25, -0.2) is 22.7 Å². The lowest BCUT2D eigenvalue weighted by atomic mass is 10.2. The monoisotopic (exact) mass is 381 g/mol. The number of hydrogen-bond acceptors (Lipinski definition) is 6. The molecule has 0 aliphatic heterocycles. The Morgan fingerprint density at radius 1 is 1.43 bits per heavy atom. The smallest absolute Gasteiger partial charge is 0.336 e. The van der Waals surface area contributed by atoms with E-state index in [-0.39, 0.29) is 14.9 Å². The van der Waals surface area contributed by atoms with Gasteiger partial charge in [-0.05, 0) is 34.1 Å². The Kier molecular flexibility index (Phi) is 5.84. The molecule has 0 amide bonds. The Labute approximate surface area is 128 Å². The van der Waals surface area contributed by atoms with E-state index in [2.05, 4.69) is 20.7 Å². The number of carboxylic acid groups (broad SMARTS) is 1. The molecule has 21 heavy (non-hydrogen) atoms. The third-order valence-corrected chi connectivity index (χ3v) is 4.53. The van der Waals surface area contributed by atoms with Crippen LogP contribution in [0.15, 0.2) is 27.6 Å². The number of ether oxygens (including phenoxy) is 1. The largest absolute Gasteiger partial charge is 0.478 e. The number of aromatic carboxylic acids is 1. The van der Waals surface area contributed by atoms with Crippen molar-refractivity contribution < 1.29 is 33.0 Å². The molecule has 0 fully saturated rings. The maximum Gasteiger partial charge on any atom is 0.336 e. The third kappa shape index (κ3) is 4.49. The van der Waals surface area contributed by atoms with E-state index in [1.54, 1.807) is 0 Å². The highest BCUT2D eigenvalue weighted by molar-refractivity contribution is 9.10. The summed E-state index contributed by atoms with van der Waals surface area (Å²) in [5.74, 6) is -2.28. The first-order chi connectivity index (χ1) is 9.69. The van der Waals surface area contributed by atoms with Gasteiger partial charge in [0.25, 0.3) is 0 Å². The quantitative estimate of drug-likeness (QED) is 0.589. The van der Waals surface area contributed by atoms with Crippen LogP contribution in [0.5, 0.6) is 0 Å². The molecular formula is C11H12BrNO7S. The number of aliphatic hydroxyl groups is 1. The average Bonchev–Trinajstić information content (AvgIpc) is 2.43. The first-order valence-corrected chi connectivity index (χ1v) is 7.75. The van der Waals surface area contributed by atoms with Crippen LogP contribution in [0, 0.1) is 0 Å². The Hall–Kier alpha value is -1.49. The molecule has 0 spiro atoms. The number of halogens is 1. The van der Waals surface area contributed by atoms with Crippen LogP contribution in [0.1, 0.15) is 10.4 Å². The van der Waals surface area contributed by atoms with Crippen molar-refractivity contribution in [2.24, 2.45) is 0 Å². The second-order valence-corrected chi connectivity index (χ2v) is 6.46. The van der Waals surface area contributed by atoms with E-state index < -0.39 is 34.6 Å². The van der Waals surface area contributed by atoms with Gasteiger partial charge in [0, 0.05) is 11.0 Å². The number of hydrogen-bond donors (Lipinski definition) is 3. The first kappa shape index (κ1) is 17.6.